The minimum atomic E-state index is 0.121. The SMILES string of the molecule is CCCC(=O)C(CCC)c1ccccc1. The lowest BCUT2D eigenvalue weighted by Crippen LogP contribution is -2.11. The molecule has 0 aliphatic heterocycles. The largest absolute Gasteiger partial charge is 0.299 e. The zero-order valence-electron chi connectivity index (χ0n) is 9.70. The molecule has 0 fully saturated rings. The third-order valence-electron chi connectivity index (χ3n) is 2.66. The Kier molecular flexibility index (Phi) is 5.09. The number of Topliss-reactive ketones (excluding diaryl/α,β-unsaturated/α-hetero) is 1. The van der Waals surface area contributed by atoms with Gasteiger partial charge in [0.1, 0.15) is 5.78 Å². The van der Waals surface area contributed by atoms with Crippen LogP contribution in [0, 0.1) is 0 Å². The highest BCUT2D eigenvalue weighted by Crippen LogP contribution is 2.23. The van der Waals surface area contributed by atoms with Crippen LogP contribution in [0.4, 0.5) is 0 Å². The van der Waals surface area contributed by atoms with Crippen LogP contribution in [0.25, 0.3) is 0 Å². The monoisotopic (exact) mass is 204 g/mol. The Morgan fingerprint density at radius 3 is 2.33 bits per heavy atom. The predicted molar refractivity (Wildman–Crippen MR) is 64.0 cm³/mol. The van der Waals surface area contributed by atoms with Crippen molar-refractivity contribution in [2.24, 2.45) is 0 Å². The summed E-state index contributed by atoms with van der Waals surface area (Å²) in [6, 6.07) is 10.1. The molecule has 1 rings (SSSR count). The summed E-state index contributed by atoms with van der Waals surface area (Å²) in [5.74, 6) is 0.515. The maximum absolute atomic E-state index is 11.9. The molecule has 1 aromatic carbocycles. The maximum Gasteiger partial charge on any atom is 0.140 e. The number of carbonyl (C=O) groups is 1. The van der Waals surface area contributed by atoms with Crippen LogP contribution in [0.15, 0.2) is 30.3 Å². The van der Waals surface area contributed by atoms with Crippen molar-refractivity contribution < 1.29 is 4.79 Å². The van der Waals surface area contributed by atoms with Crippen LogP contribution in [-0.2, 0) is 4.79 Å². The quantitative estimate of drug-likeness (QED) is 0.686. The molecule has 1 heteroatoms. The van der Waals surface area contributed by atoms with Gasteiger partial charge in [0.25, 0.3) is 0 Å². The molecule has 15 heavy (non-hydrogen) atoms. The van der Waals surface area contributed by atoms with Crippen LogP contribution in [0.3, 0.4) is 0 Å². The highest BCUT2D eigenvalue weighted by molar-refractivity contribution is 5.85. The maximum atomic E-state index is 11.9. The van der Waals surface area contributed by atoms with Gasteiger partial charge < -0.3 is 0 Å². The third kappa shape index (κ3) is 3.50. The van der Waals surface area contributed by atoms with Crippen molar-refractivity contribution in [1.82, 2.24) is 0 Å². The Morgan fingerprint density at radius 2 is 1.80 bits per heavy atom. The molecule has 0 heterocycles. The molecule has 1 atom stereocenters. The van der Waals surface area contributed by atoms with Gasteiger partial charge in [0.15, 0.2) is 0 Å². The molecular weight excluding hydrogens is 184 g/mol. The highest BCUT2D eigenvalue weighted by atomic mass is 16.1. The minimum Gasteiger partial charge on any atom is -0.299 e. The second kappa shape index (κ2) is 6.39. The Bertz CT molecular complexity index is 289. The van der Waals surface area contributed by atoms with Crippen molar-refractivity contribution in [3.8, 4) is 0 Å². The van der Waals surface area contributed by atoms with Crippen LogP contribution >= 0.6 is 0 Å². The van der Waals surface area contributed by atoms with E-state index in [1.54, 1.807) is 0 Å². The molecule has 1 nitrogen and oxygen atoms in total. The lowest BCUT2D eigenvalue weighted by molar-refractivity contribution is -0.120. The lowest BCUT2D eigenvalue weighted by atomic mass is 9.89. The van der Waals surface area contributed by atoms with Crippen molar-refractivity contribution in [1.29, 1.82) is 0 Å². The fraction of sp³-hybridized carbons (Fsp3) is 0.500. The molecule has 0 saturated heterocycles. The Balaban J connectivity index is 2.78. The number of ketones is 1. The number of hydrogen-bond acceptors (Lipinski definition) is 1. The van der Waals surface area contributed by atoms with Crippen molar-refractivity contribution >= 4 is 5.78 Å². The zero-order chi connectivity index (χ0) is 11.1. The molecule has 0 N–H and O–H groups in total. The van der Waals surface area contributed by atoms with Crippen LogP contribution in [-0.4, -0.2) is 5.78 Å². The van der Waals surface area contributed by atoms with Gasteiger partial charge in [-0.15, -0.1) is 0 Å². The molecule has 0 saturated carbocycles. The molecule has 1 unspecified atom stereocenters. The average Bonchev–Trinajstić information content (AvgIpc) is 2.27. The van der Waals surface area contributed by atoms with E-state index in [1.807, 2.05) is 18.2 Å². The Hall–Kier alpha value is -1.11. The molecular formula is C14H20O. The first-order chi connectivity index (χ1) is 7.29. The van der Waals surface area contributed by atoms with Crippen molar-refractivity contribution in [2.45, 2.75) is 45.4 Å². The smallest absolute Gasteiger partial charge is 0.140 e. The molecule has 0 aliphatic rings. The molecule has 82 valence electrons. The van der Waals surface area contributed by atoms with Crippen molar-refractivity contribution in [3.63, 3.8) is 0 Å². The number of benzene rings is 1. The highest BCUT2D eigenvalue weighted by Gasteiger charge is 2.17. The van der Waals surface area contributed by atoms with Gasteiger partial charge in [-0.05, 0) is 18.4 Å². The standard InChI is InChI=1S/C14H20O/c1-3-8-13(14(15)9-4-2)12-10-6-5-7-11-12/h5-7,10-11,13H,3-4,8-9H2,1-2H3. The fourth-order valence-corrected chi connectivity index (χ4v) is 1.91. The van der Waals surface area contributed by atoms with Gasteiger partial charge in [-0.1, -0.05) is 50.6 Å². The van der Waals surface area contributed by atoms with Crippen LogP contribution < -0.4 is 0 Å². The molecule has 0 bridgehead atoms. The molecule has 0 aliphatic carbocycles. The van der Waals surface area contributed by atoms with E-state index in [2.05, 4.69) is 26.0 Å². The lowest BCUT2D eigenvalue weighted by Gasteiger charge is -2.14. The topological polar surface area (TPSA) is 17.1 Å². The second-order valence-corrected chi connectivity index (χ2v) is 3.97. The molecule has 0 aromatic heterocycles. The van der Waals surface area contributed by atoms with Crippen LogP contribution in [0.5, 0.6) is 0 Å². The van der Waals surface area contributed by atoms with E-state index in [9.17, 15) is 4.79 Å². The molecule has 0 radical (unpaired) electrons. The van der Waals surface area contributed by atoms with Gasteiger partial charge >= 0.3 is 0 Å². The normalized spacial score (nSPS) is 12.4. The van der Waals surface area contributed by atoms with Crippen LogP contribution in [0.2, 0.25) is 0 Å². The summed E-state index contributed by atoms with van der Waals surface area (Å²) in [5, 5.41) is 0. The first kappa shape index (κ1) is 12.0. The van der Waals surface area contributed by atoms with Gasteiger partial charge in [-0.25, -0.2) is 0 Å². The van der Waals surface area contributed by atoms with Crippen molar-refractivity contribution in [3.05, 3.63) is 35.9 Å². The van der Waals surface area contributed by atoms with Crippen molar-refractivity contribution in [2.75, 3.05) is 0 Å². The van der Waals surface area contributed by atoms with E-state index >= 15 is 0 Å². The summed E-state index contributed by atoms with van der Waals surface area (Å²) in [4.78, 5) is 11.9. The average molecular weight is 204 g/mol. The second-order valence-electron chi connectivity index (χ2n) is 3.97. The minimum absolute atomic E-state index is 0.121. The van der Waals surface area contributed by atoms with Gasteiger partial charge in [0.05, 0.1) is 0 Å². The van der Waals surface area contributed by atoms with E-state index < -0.39 is 0 Å². The first-order valence-corrected chi connectivity index (χ1v) is 5.87. The Labute approximate surface area is 92.5 Å². The Morgan fingerprint density at radius 1 is 1.13 bits per heavy atom. The fourth-order valence-electron chi connectivity index (χ4n) is 1.91. The molecule has 1 aromatic rings. The predicted octanol–water partition coefficient (Wildman–Crippen LogP) is 3.94. The molecule has 0 amide bonds. The summed E-state index contributed by atoms with van der Waals surface area (Å²) in [7, 11) is 0. The van der Waals surface area contributed by atoms with E-state index in [0.717, 1.165) is 19.3 Å². The van der Waals surface area contributed by atoms with Gasteiger partial charge in [0.2, 0.25) is 0 Å². The first-order valence-electron chi connectivity index (χ1n) is 5.87. The van der Waals surface area contributed by atoms with E-state index in [-0.39, 0.29) is 5.92 Å². The number of carbonyl (C=O) groups excluding carboxylic acids is 1. The number of hydrogen-bond donors (Lipinski definition) is 0. The summed E-state index contributed by atoms with van der Waals surface area (Å²) >= 11 is 0. The summed E-state index contributed by atoms with van der Waals surface area (Å²) in [6.07, 6.45) is 3.70. The van der Waals surface area contributed by atoms with Gasteiger partial charge in [0, 0.05) is 12.3 Å². The van der Waals surface area contributed by atoms with E-state index in [0.29, 0.717) is 12.2 Å². The third-order valence-corrected chi connectivity index (χ3v) is 2.66. The van der Waals surface area contributed by atoms with E-state index in [4.69, 9.17) is 0 Å². The van der Waals surface area contributed by atoms with Crippen LogP contribution in [0.1, 0.15) is 51.0 Å². The summed E-state index contributed by atoms with van der Waals surface area (Å²) in [5.41, 5.74) is 1.18. The number of rotatable bonds is 6. The zero-order valence-corrected chi connectivity index (χ0v) is 9.70. The van der Waals surface area contributed by atoms with Gasteiger partial charge in [-0.2, -0.15) is 0 Å². The van der Waals surface area contributed by atoms with Gasteiger partial charge in [-0.3, -0.25) is 4.79 Å². The van der Waals surface area contributed by atoms with E-state index in [1.165, 1.54) is 5.56 Å². The summed E-state index contributed by atoms with van der Waals surface area (Å²) < 4.78 is 0. The summed E-state index contributed by atoms with van der Waals surface area (Å²) in [6.45, 7) is 4.20. The molecule has 0 spiro atoms.